The Hall–Kier alpha value is -1.24. The summed E-state index contributed by atoms with van der Waals surface area (Å²) in [6.07, 6.45) is 0.693. The molecule has 0 spiro atoms. The van der Waals surface area contributed by atoms with Gasteiger partial charge in [0.15, 0.2) is 5.82 Å². The number of nitrogen functional groups attached to an aromatic ring is 1. The number of fused-ring (bicyclic) bond motifs is 1. The van der Waals surface area contributed by atoms with E-state index in [0.717, 1.165) is 16.0 Å². The molecule has 0 bridgehead atoms. The lowest BCUT2D eigenvalue weighted by atomic mass is 10.3. The van der Waals surface area contributed by atoms with Crippen LogP contribution in [0.2, 0.25) is 0 Å². The van der Waals surface area contributed by atoms with Gasteiger partial charge in [-0.2, -0.15) is 0 Å². The Labute approximate surface area is 97.6 Å². The highest BCUT2D eigenvalue weighted by molar-refractivity contribution is 7.18. The van der Waals surface area contributed by atoms with Crippen molar-refractivity contribution in [1.82, 2.24) is 9.97 Å². The van der Waals surface area contributed by atoms with E-state index in [9.17, 15) is 0 Å². The van der Waals surface area contributed by atoms with Crippen molar-refractivity contribution in [1.29, 1.82) is 0 Å². The van der Waals surface area contributed by atoms with E-state index in [1.165, 1.54) is 4.88 Å². The maximum absolute atomic E-state index is 5.46. The standard InChI is InChI=1S/C10H14N4OS/c1-6-5-7-9(14-11)12-8(3-4-15-2)13-10(7)16-6/h5H,3-4,11H2,1-2H3,(H,12,13,14). The van der Waals surface area contributed by atoms with Crippen LogP contribution in [0.5, 0.6) is 0 Å². The average Bonchev–Trinajstić information content (AvgIpc) is 2.65. The van der Waals surface area contributed by atoms with Gasteiger partial charge in [-0.05, 0) is 13.0 Å². The van der Waals surface area contributed by atoms with Crippen LogP contribution in [0, 0.1) is 6.92 Å². The third-order valence-electron chi connectivity index (χ3n) is 2.23. The third-order valence-corrected chi connectivity index (χ3v) is 3.17. The first-order valence-corrected chi connectivity index (χ1v) is 5.79. The van der Waals surface area contributed by atoms with E-state index in [-0.39, 0.29) is 0 Å². The highest BCUT2D eigenvalue weighted by Crippen LogP contribution is 2.27. The fraction of sp³-hybridized carbons (Fsp3) is 0.400. The van der Waals surface area contributed by atoms with Gasteiger partial charge in [-0.15, -0.1) is 11.3 Å². The average molecular weight is 238 g/mol. The molecular formula is C10H14N4OS. The number of hydrogen-bond acceptors (Lipinski definition) is 6. The fourth-order valence-corrected chi connectivity index (χ4v) is 2.40. The quantitative estimate of drug-likeness (QED) is 0.623. The summed E-state index contributed by atoms with van der Waals surface area (Å²) in [5, 5.41) is 0.978. The monoisotopic (exact) mass is 238 g/mol. The van der Waals surface area contributed by atoms with Crippen molar-refractivity contribution in [2.45, 2.75) is 13.3 Å². The van der Waals surface area contributed by atoms with Crippen molar-refractivity contribution in [3.63, 3.8) is 0 Å². The number of nitrogens with zero attached hydrogens (tertiary/aromatic N) is 2. The predicted octanol–water partition coefficient (Wildman–Crippen LogP) is 1.47. The molecule has 86 valence electrons. The molecule has 2 rings (SSSR count). The van der Waals surface area contributed by atoms with Crippen LogP contribution in [0.3, 0.4) is 0 Å². The maximum Gasteiger partial charge on any atom is 0.152 e. The zero-order chi connectivity index (χ0) is 11.5. The van der Waals surface area contributed by atoms with Gasteiger partial charge in [0.05, 0.1) is 12.0 Å². The molecular weight excluding hydrogens is 224 g/mol. The Kier molecular flexibility index (Phi) is 3.33. The Morgan fingerprint density at radius 1 is 1.50 bits per heavy atom. The largest absolute Gasteiger partial charge is 0.384 e. The lowest BCUT2D eigenvalue weighted by molar-refractivity contribution is 0.200. The van der Waals surface area contributed by atoms with E-state index in [0.29, 0.717) is 18.8 Å². The van der Waals surface area contributed by atoms with Gasteiger partial charge in [-0.1, -0.05) is 0 Å². The van der Waals surface area contributed by atoms with Crippen molar-refractivity contribution in [2.75, 3.05) is 19.1 Å². The van der Waals surface area contributed by atoms with Gasteiger partial charge in [0.25, 0.3) is 0 Å². The molecule has 2 heterocycles. The summed E-state index contributed by atoms with van der Waals surface area (Å²) in [6.45, 7) is 2.65. The molecule has 0 saturated heterocycles. The second kappa shape index (κ2) is 4.73. The van der Waals surface area contributed by atoms with E-state index in [1.54, 1.807) is 18.4 Å². The zero-order valence-electron chi connectivity index (χ0n) is 9.28. The Morgan fingerprint density at radius 2 is 2.31 bits per heavy atom. The minimum atomic E-state index is 0.611. The van der Waals surface area contributed by atoms with Crippen LogP contribution < -0.4 is 11.3 Å². The molecule has 0 aromatic carbocycles. The number of nitrogens with one attached hydrogen (secondary N) is 1. The minimum absolute atomic E-state index is 0.611. The Morgan fingerprint density at radius 3 is 3.00 bits per heavy atom. The SMILES string of the molecule is COCCc1nc(NN)c2cc(C)sc2n1. The van der Waals surface area contributed by atoms with Crippen LogP contribution in [0.15, 0.2) is 6.07 Å². The van der Waals surface area contributed by atoms with E-state index >= 15 is 0 Å². The van der Waals surface area contributed by atoms with Crippen LogP contribution in [0.1, 0.15) is 10.7 Å². The Bertz CT molecular complexity index is 497. The number of thiophene rings is 1. The number of rotatable bonds is 4. The Balaban J connectivity index is 2.45. The van der Waals surface area contributed by atoms with Gasteiger partial charge in [0.2, 0.25) is 0 Å². The predicted molar refractivity (Wildman–Crippen MR) is 65.5 cm³/mol. The van der Waals surface area contributed by atoms with Gasteiger partial charge in [0.1, 0.15) is 10.7 Å². The molecule has 6 heteroatoms. The van der Waals surface area contributed by atoms with Crippen molar-refractivity contribution in [2.24, 2.45) is 5.84 Å². The topological polar surface area (TPSA) is 73.1 Å². The van der Waals surface area contributed by atoms with E-state index < -0.39 is 0 Å². The molecule has 2 aromatic rings. The lowest BCUT2D eigenvalue weighted by Crippen LogP contribution is -2.11. The molecule has 0 aliphatic rings. The minimum Gasteiger partial charge on any atom is -0.384 e. The molecule has 0 aliphatic carbocycles. The maximum atomic E-state index is 5.46. The first-order chi connectivity index (χ1) is 7.74. The second-order valence-electron chi connectivity index (χ2n) is 3.45. The van der Waals surface area contributed by atoms with Crippen LogP contribution >= 0.6 is 11.3 Å². The van der Waals surface area contributed by atoms with Crippen molar-refractivity contribution < 1.29 is 4.74 Å². The van der Waals surface area contributed by atoms with Gasteiger partial charge >= 0.3 is 0 Å². The first kappa shape index (κ1) is 11.3. The summed E-state index contributed by atoms with van der Waals surface area (Å²) >= 11 is 1.64. The van der Waals surface area contributed by atoms with Gasteiger partial charge in [0, 0.05) is 18.4 Å². The number of hydrazine groups is 1. The van der Waals surface area contributed by atoms with E-state index in [2.05, 4.69) is 15.4 Å². The van der Waals surface area contributed by atoms with Crippen LogP contribution in [0.4, 0.5) is 5.82 Å². The first-order valence-electron chi connectivity index (χ1n) is 4.97. The molecule has 0 saturated carbocycles. The molecule has 0 radical (unpaired) electrons. The number of hydrogen-bond donors (Lipinski definition) is 2. The van der Waals surface area contributed by atoms with Crippen molar-refractivity contribution in [3.8, 4) is 0 Å². The summed E-state index contributed by atoms with van der Waals surface area (Å²) in [6, 6.07) is 2.04. The van der Waals surface area contributed by atoms with E-state index in [1.807, 2.05) is 13.0 Å². The van der Waals surface area contributed by atoms with Gasteiger partial charge < -0.3 is 10.2 Å². The van der Waals surface area contributed by atoms with Gasteiger partial charge in [-0.25, -0.2) is 15.8 Å². The molecule has 16 heavy (non-hydrogen) atoms. The number of anilines is 1. The summed E-state index contributed by atoms with van der Waals surface area (Å²) < 4.78 is 5.01. The zero-order valence-corrected chi connectivity index (χ0v) is 10.1. The number of aryl methyl sites for hydroxylation is 1. The molecule has 2 aromatic heterocycles. The molecule has 3 N–H and O–H groups in total. The highest BCUT2D eigenvalue weighted by atomic mass is 32.1. The third kappa shape index (κ3) is 2.13. The summed E-state index contributed by atoms with van der Waals surface area (Å²) in [5.41, 5.74) is 2.61. The van der Waals surface area contributed by atoms with Crippen LogP contribution in [-0.4, -0.2) is 23.7 Å². The number of nitrogens with two attached hydrogens (primary N) is 1. The summed E-state index contributed by atoms with van der Waals surface area (Å²) in [7, 11) is 1.66. The fourth-order valence-electron chi connectivity index (χ4n) is 1.50. The molecule has 0 fully saturated rings. The van der Waals surface area contributed by atoms with Crippen molar-refractivity contribution >= 4 is 27.4 Å². The molecule has 5 nitrogen and oxygen atoms in total. The normalized spacial score (nSPS) is 10.9. The number of ether oxygens (including phenoxy) is 1. The number of aromatic nitrogens is 2. The summed E-state index contributed by atoms with van der Waals surface area (Å²) in [4.78, 5) is 11.0. The highest BCUT2D eigenvalue weighted by Gasteiger charge is 2.09. The van der Waals surface area contributed by atoms with Crippen LogP contribution in [0.25, 0.3) is 10.2 Å². The smallest absolute Gasteiger partial charge is 0.152 e. The molecule has 0 unspecified atom stereocenters. The van der Waals surface area contributed by atoms with Gasteiger partial charge in [-0.3, -0.25) is 0 Å². The van der Waals surface area contributed by atoms with Crippen molar-refractivity contribution in [3.05, 3.63) is 16.8 Å². The lowest BCUT2D eigenvalue weighted by Gasteiger charge is -2.04. The molecule has 0 atom stereocenters. The van der Waals surface area contributed by atoms with Crippen LogP contribution in [-0.2, 0) is 11.2 Å². The second-order valence-corrected chi connectivity index (χ2v) is 4.69. The van der Waals surface area contributed by atoms with E-state index in [4.69, 9.17) is 10.6 Å². The molecule has 0 aliphatic heterocycles. The summed E-state index contributed by atoms with van der Waals surface area (Å²) in [5.74, 6) is 6.89. The number of methoxy groups -OCH3 is 1. The molecule has 0 amide bonds.